The van der Waals surface area contributed by atoms with Crippen LogP contribution in [0.25, 0.3) is 0 Å². The van der Waals surface area contributed by atoms with E-state index in [-0.39, 0.29) is 0 Å². The van der Waals surface area contributed by atoms with Crippen LogP contribution in [0.5, 0.6) is 0 Å². The number of hydrogen-bond donors (Lipinski definition) is 1. The number of carboxylic acids is 1. The highest BCUT2D eigenvalue weighted by Gasteiger charge is 2.24. The Hall–Kier alpha value is -0.860. The Labute approximate surface area is 65.4 Å². The van der Waals surface area contributed by atoms with Gasteiger partial charge in [-0.25, -0.2) is 0 Å². The maximum Gasteiger partial charge on any atom is 0.313 e. The highest BCUT2D eigenvalue weighted by Crippen LogP contribution is 2.34. The first-order chi connectivity index (χ1) is 5.24. The van der Waals surface area contributed by atoms with Crippen molar-refractivity contribution in [2.75, 3.05) is 0 Å². The van der Waals surface area contributed by atoms with E-state index in [2.05, 4.69) is 0 Å². The van der Waals surface area contributed by atoms with Crippen LogP contribution in [-0.2, 0) is 9.59 Å². The van der Waals surface area contributed by atoms with Gasteiger partial charge < -0.3 is 9.90 Å². The molecule has 11 heavy (non-hydrogen) atoms. The summed E-state index contributed by atoms with van der Waals surface area (Å²) in [6, 6.07) is 0. The third-order valence-electron chi connectivity index (χ3n) is 2.06. The minimum Gasteiger partial charge on any atom is -0.481 e. The van der Waals surface area contributed by atoms with E-state index >= 15 is 0 Å². The Bertz CT molecular complexity index is 161. The predicted octanol–water partition coefficient (Wildman–Crippen LogP) is 1.08. The van der Waals surface area contributed by atoms with Crippen LogP contribution < -0.4 is 0 Å². The van der Waals surface area contributed by atoms with Gasteiger partial charge in [-0.15, -0.1) is 0 Å². The molecule has 0 spiro atoms. The van der Waals surface area contributed by atoms with Crippen LogP contribution in [0.3, 0.4) is 0 Å². The van der Waals surface area contributed by atoms with Crippen LogP contribution in [0.2, 0.25) is 0 Å². The summed E-state index contributed by atoms with van der Waals surface area (Å²) in [5, 5.41) is 8.48. The lowest BCUT2D eigenvalue weighted by molar-refractivity contribution is -0.143. The molecule has 1 saturated carbocycles. The summed E-state index contributed by atoms with van der Waals surface area (Å²) in [4.78, 5) is 20.5. The molecule has 1 aliphatic carbocycles. The van der Waals surface area contributed by atoms with Gasteiger partial charge in [-0.1, -0.05) is 12.8 Å². The second kappa shape index (κ2) is 3.51. The summed E-state index contributed by atoms with van der Waals surface area (Å²) < 4.78 is 0. The summed E-state index contributed by atoms with van der Waals surface area (Å²) >= 11 is 0. The maximum absolute atomic E-state index is 10.3. The summed E-state index contributed by atoms with van der Waals surface area (Å²) in [7, 11) is 0. The number of rotatable bonds is 5. The highest BCUT2D eigenvalue weighted by atomic mass is 16.4. The van der Waals surface area contributed by atoms with Gasteiger partial charge in [0.05, 0.1) is 0 Å². The van der Waals surface area contributed by atoms with E-state index in [1.54, 1.807) is 0 Å². The number of carboxylic acid groups (broad SMARTS) is 1. The Kier molecular flexibility index (Phi) is 2.63. The molecule has 0 heterocycles. The first kappa shape index (κ1) is 8.24. The molecular weight excluding hydrogens is 144 g/mol. The number of carbonyl (C=O) groups is 2. The maximum atomic E-state index is 10.3. The van der Waals surface area contributed by atoms with Crippen LogP contribution in [0.15, 0.2) is 0 Å². The van der Waals surface area contributed by atoms with Gasteiger partial charge in [0.25, 0.3) is 0 Å². The molecule has 1 atom stereocenters. The van der Waals surface area contributed by atoms with E-state index in [0.29, 0.717) is 18.6 Å². The molecule has 62 valence electrons. The molecule has 1 rings (SSSR count). The smallest absolute Gasteiger partial charge is 0.313 e. The molecule has 1 N–H and O–H groups in total. The van der Waals surface area contributed by atoms with Gasteiger partial charge in [0.1, 0.15) is 12.2 Å². The topological polar surface area (TPSA) is 54.4 Å². The number of aliphatic carboxylic acids is 1. The summed E-state index contributed by atoms with van der Waals surface area (Å²) in [5.74, 6) is -1.05. The van der Waals surface area contributed by atoms with Crippen molar-refractivity contribution >= 4 is 12.3 Å². The van der Waals surface area contributed by atoms with E-state index in [1.165, 1.54) is 12.8 Å². The van der Waals surface area contributed by atoms with Crippen molar-refractivity contribution in [3.63, 3.8) is 0 Å². The van der Waals surface area contributed by atoms with Crippen LogP contribution in [0.1, 0.15) is 25.7 Å². The Morgan fingerprint density at radius 2 is 2.27 bits per heavy atom. The second-order valence-electron chi connectivity index (χ2n) is 3.10. The lowest BCUT2D eigenvalue weighted by Gasteiger charge is -2.01. The quantitative estimate of drug-likeness (QED) is 0.478. The van der Waals surface area contributed by atoms with Gasteiger partial charge in [0.15, 0.2) is 0 Å². The molecule has 0 aromatic heterocycles. The van der Waals surface area contributed by atoms with Crippen molar-refractivity contribution in [2.45, 2.75) is 25.7 Å². The van der Waals surface area contributed by atoms with Crippen molar-refractivity contribution in [1.29, 1.82) is 0 Å². The third-order valence-corrected chi connectivity index (χ3v) is 2.06. The third kappa shape index (κ3) is 2.70. The molecular formula is C8H12O3. The summed E-state index contributed by atoms with van der Waals surface area (Å²) in [6.07, 6.45) is 4.38. The van der Waals surface area contributed by atoms with Gasteiger partial charge in [0, 0.05) is 0 Å². The zero-order valence-electron chi connectivity index (χ0n) is 6.32. The van der Waals surface area contributed by atoms with Crippen LogP contribution in [0.4, 0.5) is 0 Å². The average Bonchev–Trinajstić information content (AvgIpc) is 2.72. The Morgan fingerprint density at radius 3 is 2.64 bits per heavy atom. The molecule has 1 unspecified atom stereocenters. The van der Waals surface area contributed by atoms with Crippen molar-refractivity contribution < 1.29 is 14.7 Å². The van der Waals surface area contributed by atoms with E-state index in [0.717, 1.165) is 6.42 Å². The molecule has 1 fully saturated rings. The molecule has 0 radical (unpaired) electrons. The highest BCUT2D eigenvalue weighted by molar-refractivity contribution is 5.86. The first-order valence-corrected chi connectivity index (χ1v) is 3.92. The largest absolute Gasteiger partial charge is 0.481 e. The van der Waals surface area contributed by atoms with Crippen LogP contribution >= 0.6 is 0 Å². The zero-order chi connectivity index (χ0) is 8.27. The molecule has 0 aliphatic heterocycles. The Morgan fingerprint density at radius 1 is 1.64 bits per heavy atom. The van der Waals surface area contributed by atoms with Crippen molar-refractivity contribution in [3.8, 4) is 0 Å². The molecule has 0 aromatic rings. The predicted molar refractivity (Wildman–Crippen MR) is 39.1 cm³/mol. The zero-order valence-corrected chi connectivity index (χ0v) is 6.32. The van der Waals surface area contributed by atoms with Gasteiger partial charge in [0.2, 0.25) is 0 Å². The summed E-state index contributed by atoms with van der Waals surface area (Å²) in [5.41, 5.74) is 0. The van der Waals surface area contributed by atoms with E-state index in [1.807, 2.05) is 0 Å². The Balaban J connectivity index is 2.18. The number of aldehydes is 1. The minimum absolute atomic E-state index is 0.517. The normalized spacial score (nSPS) is 19.3. The number of hydrogen-bond acceptors (Lipinski definition) is 2. The van der Waals surface area contributed by atoms with Crippen molar-refractivity contribution in [3.05, 3.63) is 0 Å². The molecule has 0 aromatic carbocycles. The van der Waals surface area contributed by atoms with Gasteiger partial charge in [-0.05, 0) is 18.8 Å². The van der Waals surface area contributed by atoms with Crippen LogP contribution in [-0.4, -0.2) is 17.4 Å². The van der Waals surface area contributed by atoms with E-state index in [4.69, 9.17) is 5.11 Å². The minimum atomic E-state index is -0.986. The average molecular weight is 156 g/mol. The van der Waals surface area contributed by atoms with Gasteiger partial charge >= 0.3 is 5.97 Å². The lowest BCUT2D eigenvalue weighted by Crippen LogP contribution is -2.14. The second-order valence-corrected chi connectivity index (χ2v) is 3.10. The standard InChI is InChI=1S/C8H12O3/c9-5-7(8(10)11)4-3-6-1-2-6/h5-7H,1-4H2,(H,10,11). The molecule has 3 heteroatoms. The van der Waals surface area contributed by atoms with Crippen LogP contribution in [0, 0.1) is 11.8 Å². The fourth-order valence-corrected chi connectivity index (χ4v) is 1.07. The van der Waals surface area contributed by atoms with E-state index < -0.39 is 11.9 Å². The van der Waals surface area contributed by atoms with Gasteiger partial charge in [-0.2, -0.15) is 0 Å². The molecule has 0 amide bonds. The lowest BCUT2D eigenvalue weighted by atomic mass is 10.0. The monoisotopic (exact) mass is 156 g/mol. The summed E-state index contributed by atoms with van der Waals surface area (Å²) in [6.45, 7) is 0. The van der Waals surface area contributed by atoms with Crippen molar-refractivity contribution in [2.24, 2.45) is 11.8 Å². The molecule has 0 saturated heterocycles. The van der Waals surface area contributed by atoms with E-state index in [9.17, 15) is 9.59 Å². The SMILES string of the molecule is O=CC(CCC1CC1)C(=O)O. The van der Waals surface area contributed by atoms with Crippen molar-refractivity contribution in [1.82, 2.24) is 0 Å². The fourth-order valence-electron chi connectivity index (χ4n) is 1.07. The fraction of sp³-hybridized carbons (Fsp3) is 0.750. The first-order valence-electron chi connectivity index (χ1n) is 3.92. The number of carbonyl (C=O) groups excluding carboxylic acids is 1. The molecule has 3 nitrogen and oxygen atoms in total. The molecule has 1 aliphatic rings. The molecule has 0 bridgehead atoms. The van der Waals surface area contributed by atoms with Gasteiger partial charge in [-0.3, -0.25) is 4.79 Å².